The third-order valence-corrected chi connectivity index (χ3v) is 6.40. The molecule has 0 fully saturated rings. The van der Waals surface area contributed by atoms with Crippen LogP contribution in [0.3, 0.4) is 0 Å². The largest absolute Gasteiger partial charge is 0.497 e. The molecule has 0 aliphatic carbocycles. The molecule has 1 aromatic heterocycles. The average molecular weight is 402 g/mol. The second-order valence-electron chi connectivity index (χ2n) is 6.62. The normalized spacial score (nSPS) is 11.8. The molecular weight excluding hydrogens is 380 g/mol. The first-order valence-corrected chi connectivity index (χ1v) is 10.0. The van der Waals surface area contributed by atoms with Gasteiger partial charge in [0.1, 0.15) is 11.3 Å². The van der Waals surface area contributed by atoms with Crippen molar-refractivity contribution in [2.45, 2.75) is 18.2 Å². The Bertz CT molecular complexity index is 1130. The summed E-state index contributed by atoms with van der Waals surface area (Å²) in [6.07, 6.45) is 1.64. The number of methoxy groups -OCH3 is 1. The van der Waals surface area contributed by atoms with Crippen LogP contribution in [0.2, 0.25) is 0 Å². The van der Waals surface area contributed by atoms with E-state index in [4.69, 9.17) is 9.15 Å². The number of sulfonamides is 1. The number of rotatable bonds is 6. The highest BCUT2D eigenvalue weighted by atomic mass is 32.2. The van der Waals surface area contributed by atoms with Crippen molar-refractivity contribution in [3.05, 3.63) is 53.8 Å². The summed E-state index contributed by atoms with van der Waals surface area (Å²) in [6, 6.07) is 10.2. The van der Waals surface area contributed by atoms with Crippen LogP contribution in [0.25, 0.3) is 11.0 Å². The van der Waals surface area contributed by atoms with E-state index in [1.165, 1.54) is 20.2 Å². The molecule has 2 aromatic carbocycles. The molecule has 0 spiro atoms. The summed E-state index contributed by atoms with van der Waals surface area (Å²) in [5, 5.41) is 3.59. The molecule has 8 heteroatoms. The van der Waals surface area contributed by atoms with Gasteiger partial charge in [-0.3, -0.25) is 4.79 Å². The number of hydrogen-bond acceptors (Lipinski definition) is 5. The molecule has 0 radical (unpaired) electrons. The third-order valence-electron chi connectivity index (χ3n) is 4.44. The Balaban J connectivity index is 1.81. The smallest absolute Gasteiger partial charge is 0.242 e. The van der Waals surface area contributed by atoms with Crippen molar-refractivity contribution in [3.8, 4) is 5.75 Å². The van der Waals surface area contributed by atoms with Crippen LogP contribution >= 0.6 is 0 Å². The minimum absolute atomic E-state index is 0.100. The zero-order chi connectivity index (χ0) is 20.5. The average Bonchev–Trinajstić information content (AvgIpc) is 3.04. The summed E-state index contributed by atoms with van der Waals surface area (Å²) >= 11 is 0. The van der Waals surface area contributed by atoms with Crippen LogP contribution in [0.4, 0.5) is 5.69 Å². The first kappa shape index (κ1) is 19.9. The van der Waals surface area contributed by atoms with Gasteiger partial charge in [0.2, 0.25) is 15.9 Å². The number of benzene rings is 2. The van der Waals surface area contributed by atoms with E-state index in [2.05, 4.69) is 5.32 Å². The number of hydrogen-bond donors (Lipinski definition) is 1. The zero-order valence-corrected chi connectivity index (χ0v) is 17.0. The van der Waals surface area contributed by atoms with Crippen molar-refractivity contribution in [2.24, 2.45) is 0 Å². The van der Waals surface area contributed by atoms with Crippen molar-refractivity contribution in [2.75, 3.05) is 26.5 Å². The quantitative estimate of drug-likeness (QED) is 0.684. The van der Waals surface area contributed by atoms with Crippen LogP contribution < -0.4 is 10.1 Å². The third kappa shape index (κ3) is 3.88. The molecule has 0 unspecified atom stereocenters. The molecule has 0 atom stereocenters. The standard InChI is InChI=1S/C20H22N2O5S/c1-13-5-6-15(10-19(13)28(24,25)22(2)3)21-20(23)9-14-12-27-18-11-16(26-4)7-8-17(14)18/h5-8,10-12H,9H2,1-4H3,(H,21,23). The van der Waals surface area contributed by atoms with E-state index < -0.39 is 10.0 Å². The number of nitrogens with zero attached hydrogens (tertiary/aromatic N) is 1. The first-order valence-electron chi connectivity index (χ1n) is 8.59. The van der Waals surface area contributed by atoms with Crippen LogP contribution in [0.1, 0.15) is 11.1 Å². The number of ether oxygens (including phenoxy) is 1. The molecule has 3 aromatic rings. The number of carbonyl (C=O) groups excluding carboxylic acids is 1. The Morgan fingerprint density at radius 2 is 1.93 bits per heavy atom. The Morgan fingerprint density at radius 1 is 1.18 bits per heavy atom. The predicted molar refractivity (Wildman–Crippen MR) is 107 cm³/mol. The van der Waals surface area contributed by atoms with Gasteiger partial charge >= 0.3 is 0 Å². The van der Waals surface area contributed by atoms with Crippen molar-refractivity contribution < 1.29 is 22.4 Å². The summed E-state index contributed by atoms with van der Waals surface area (Å²) in [5.74, 6) is 0.405. The summed E-state index contributed by atoms with van der Waals surface area (Å²) in [5.41, 5.74) is 2.41. The van der Waals surface area contributed by atoms with Gasteiger partial charge in [0.25, 0.3) is 0 Å². The topological polar surface area (TPSA) is 88.8 Å². The SMILES string of the molecule is COc1ccc2c(CC(=O)Nc3ccc(C)c(S(=O)(=O)N(C)C)c3)coc2c1. The van der Waals surface area contributed by atoms with Crippen molar-refractivity contribution in [3.63, 3.8) is 0 Å². The molecule has 0 aliphatic heterocycles. The second kappa shape index (κ2) is 7.65. The fourth-order valence-corrected chi connectivity index (χ4v) is 4.00. The Morgan fingerprint density at radius 3 is 2.61 bits per heavy atom. The summed E-state index contributed by atoms with van der Waals surface area (Å²) < 4.78 is 36.7. The van der Waals surface area contributed by atoms with Gasteiger partial charge < -0.3 is 14.5 Å². The maximum atomic E-state index is 12.5. The summed E-state index contributed by atoms with van der Waals surface area (Å²) in [4.78, 5) is 12.7. The molecule has 0 saturated carbocycles. The first-order chi connectivity index (χ1) is 13.2. The lowest BCUT2D eigenvalue weighted by atomic mass is 10.1. The van der Waals surface area contributed by atoms with Crippen LogP contribution in [0.15, 0.2) is 52.0 Å². The molecule has 3 rings (SSSR count). The summed E-state index contributed by atoms with van der Waals surface area (Å²) in [7, 11) is 0.921. The Hall–Kier alpha value is -2.84. The number of aryl methyl sites for hydroxylation is 1. The molecule has 1 N–H and O–H groups in total. The van der Waals surface area contributed by atoms with Crippen molar-refractivity contribution >= 4 is 32.6 Å². The molecule has 148 valence electrons. The maximum Gasteiger partial charge on any atom is 0.242 e. The number of amides is 1. The van der Waals surface area contributed by atoms with Gasteiger partial charge in [0, 0.05) is 36.8 Å². The molecule has 7 nitrogen and oxygen atoms in total. The van der Waals surface area contributed by atoms with Crippen LogP contribution in [-0.4, -0.2) is 39.8 Å². The van der Waals surface area contributed by atoms with Gasteiger partial charge in [-0.2, -0.15) is 0 Å². The number of anilines is 1. The lowest BCUT2D eigenvalue weighted by molar-refractivity contribution is -0.115. The van der Waals surface area contributed by atoms with Gasteiger partial charge in [-0.1, -0.05) is 6.07 Å². The molecule has 1 amide bonds. The molecular formula is C20H22N2O5S. The minimum atomic E-state index is -3.60. The van der Waals surface area contributed by atoms with Gasteiger partial charge in [-0.05, 0) is 36.8 Å². The monoisotopic (exact) mass is 402 g/mol. The summed E-state index contributed by atoms with van der Waals surface area (Å²) in [6.45, 7) is 1.72. The molecule has 0 bridgehead atoms. The minimum Gasteiger partial charge on any atom is -0.497 e. The lowest BCUT2D eigenvalue weighted by Gasteiger charge is -2.15. The van der Waals surface area contributed by atoms with Gasteiger partial charge in [-0.15, -0.1) is 0 Å². The van der Waals surface area contributed by atoms with Gasteiger partial charge in [0.05, 0.1) is 24.7 Å². The number of carbonyl (C=O) groups is 1. The van der Waals surface area contributed by atoms with E-state index in [0.717, 1.165) is 15.3 Å². The Labute approximate surface area is 163 Å². The van der Waals surface area contributed by atoms with Crippen LogP contribution in [0, 0.1) is 6.92 Å². The zero-order valence-electron chi connectivity index (χ0n) is 16.1. The molecule has 28 heavy (non-hydrogen) atoms. The Kier molecular flexibility index (Phi) is 5.44. The number of nitrogens with one attached hydrogen (secondary N) is 1. The van der Waals surface area contributed by atoms with Crippen LogP contribution in [0.5, 0.6) is 5.75 Å². The van der Waals surface area contributed by atoms with Crippen molar-refractivity contribution in [1.82, 2.24) is 4.31 Å². The number of fused-ring (bicyclic) bond motifs is 1. The van der Waals surface area contributed by atoms with Gasteiger partial charge in [-0.25, -0.2) is 12.7 Å². The van der Waals surface area contributed by atoms with E-state index in [9.17, 15) is 13.2 Å². The molecule has 1 heterocycles. The van der Waals surface area contributed by atoms with E-state index >= 15 is 0 Å². The molecule has 0 aliphatic rings. The maximum absolute atomic E-state index is 12.5. The van der Waals surface area contributed by atoms with Crippen LogP contribution in [-0.2, 0) is 21.2 Å². The van der Waals surface area contributed by atoms with E-state index in [1.54, 1.807) is 44.6 Å². The van der Waals surface area contributed by atoms with E-state index in [1.807, 2.05) is 6.07 Å². The highest BCUT2D eigenvalue weighted by Crippen LogP contribution is 2.27. The van der Waals surface area contributed by atoms with E-state index in [-0.39, 0.29) is 17.2 Å². The van der Waals surface area contributed by atoms with Crippen molar-refractivity contribution in [1.29, 1.82) is 0 Å². The highest BCUT2D eigenvalue weighted by molar-refractivity contribution is 7.89. The second-order valence-corrected chi connectivity index (χ2v) is 8.74. The molecule has 0 saturated heterocycles. The predicted octanol–water partition coefficient (Wildman–Crippen LogP) is 3.18. The number of furan rings is 1. The fourth-order valence-electron chi connectivity index (χ4n) is 2.86. The van der Waals surface area contributed by atoms with E-state index in [0.29, 0.717) is 22.6 Å². The lowest BCUT2D eigenvalue weighted by Crippen LogP contribution is -2.23. The fraction of sp³-hybridized carbons (Fsp3) is 0.250. The highest BCUT2D eigenvalue weighted by Gasteiger charge is 2.20. The van der Waals surface area contributed by atoms with Gasteiger partial charge in [0.15, 0.2) is 0 Å².